The zero-order valence-electron chi connectivity index (χ0n) is 7.79. The van der Waals surface area contributed by atoms with Gasteiger partial charge in [0.25, 0.3) is 0 Å². The molecule has 0 radical (unpaired) electrons. The summed E-state index contributed by atoms with van der Waals surface area (Å²) in [7, 11) is 0. The molecule has 3 nitrogen and oxygen atoms in total. The normalized spacial score (nSPS) is 26.4. The SMILES string of the molecule is O=C(O)C1=CC2=C(CCCC2)N[C@H]1S. The predicted molar refractivity (Wildman–Crippen MR) is 57.1 cm³/mol. The number of thiol groups is 1. The van der Waals surface area contributed by atoms with Gasteiger partial charge in [-0.2, -0.15) is 0 Å². The van der Waals surface area contributed by atoms with Gasteiger partial charge in [0.05, 0.1) is 5.57 Å². The van der Waals surface area contributed by atoms with E-state index in [1.807, 2.05) is 0 Å². The average molecular weight is 211 g/mol. The van der Waals surface area contributed by atoms with Gasteiger partial charge in [0, 0.05) is 5.70 Å². The summed E-state index contributed by atoms with van der Waals surface area (Å²) in [5.41, 5.74) is 2.69. The molecule has 0 saturated carbocycles. The Kier molecular flexibility index (Phi) is 2.54. The van der Waals surface area contributed by atoms with Gasteiger partial charge in [-0.25, -0.2) is 4.79 Å². The van der Waals surface area contributed by atoms with Gasteiger partial charge >= 0.3 is 5.97 Å². The van der Waals surface area contributed by atoms with E-state index in [4.69, 9.17) is 5.11 Å². The van der Waals surface area contributed by atoms with Crippen LogP contribution in [0.3, 0.4) is 0 Å². The molecular weight excluding hydrogens is 198 g/mol. The summed E-state index contributed by atoms with van der Waals surface area (Å²) in [6.45, 7) is 0. The van der Waals surface area contributed by atoms with Crippen molar-refractivity contribution in [2.75, 3.05) is 0 Å². The molecule has 0 amide bonds. The Labute approximate surface area is 88.3 Å². The van der Waals surface area contributed by atoms with Gasteiger partial charge < -0.3 is 10.4 Å². The Morgan fingerprint density at radius 2 is 2.21 bits per heavy atom. The topological polar surface area (TPSA) is 49.3 Å². The number of aliphatic carboxylic acids is 1. The first-order valence-corrected chi connectivity index (χ1v) is 5.31. The standard InChI is InChI=1S/C10H13NO2S/c12-10(13)7-5-6-3-1-2-4-8(6)11-9(7)14/h5,9,11,14H,1-4H2,(H,12,13)/t9-/m0/s1. The molecule has 0 aromatic heterocycles. The molecule has 2 N–H and O–H groups in total. The number of nitrogens with one attached hydrogen (secondary N) is 1. The molecule has 1 atom stereocenters. The van der Waals surface area contributed by atoms with Crippen LogP contribution in [-0.4, -0.2) is 16.4 Å². The van der Waals surface area contributed by atoms with Gasteiger partial charge in [0.1, 0.15) is 5.37 Å². The fraction of sp³-hybridized carbons (Fsp3) is 0.500. The number of carboxylic acids is 1. The second-order valence-corrected chi connectivity index (χ2v) is 4.18. The highest BCUT2D eigenvalue weighted by Crippen LogP contribution is 2.30. The van der Waals surface area contributed by atoms with Gasteiger partial charge in [-0.05, 0) is 37.3 Å². The molecule has 0 fully saturated rings. The van der Waals surface area contributed by atoms with E-state index in [-0.39, 0.29) is 5.37 Å². The Hall–Kier alpha value is -0.900. The van der Waals surface area contributed by atoms with Crippen molar-refractivity contribution in [3.8, 4) is 0 Å². The summed E-state index contributed by atoms with van der Waals surface area (Å²) in [5.74, 6) is -0.880. The summed E-state index contributed by atoms with van der Waals surface area (Å²) in [4.78, 5) is 10.9. The van der Waals surface area contributed by atoms with Gasteiger partial charge in [-0.3, -0.25) is 0 Å². The van der Waals surface area contributed by atoms with Crippen molar-refractivity contribution < 1.29 is 9.90 Å². The van der Waals surface area contributed by atoms with Crippen LogP contribution in [-0.2, 0) is 4.79 Å². The number of hydrogen-bond acceptors (Lipinski definition) is 3. The largest absolute Gasteiger partial charge is 0.478 e. The van der Waals surface area contributed by atoms with Crippen molar-refractivity contribution in [2.24, 2.45) is 0 Å². The maximum absolute atomic E-state index is 10.9. The van der Waals surface area contributed by atoms with Crippen LogP contribution in [0.25, 0.3) is 0 Å². The minimum Gasteiger partial charge on any atom is -0.478 e. The fourth-order valence-electron chi connectivity index (χ4n) is 1.94. The lowest BCUT2D eigenvalue weighted by Gasteiger charge is -2.28. The van der Waals surface area contributed by atoms with Gasteiger partial charge in [0.2, 0.25) is 0 Å². The molecule has 2 aliphatic rings. The summed E-state index contributed by atoms with van der Waals surface area (Å²) >= 11 is 4.22. The van der Waals surface area contributed by atoms with E-state index in [1.54, 1.807) is 6.08 Å². The highest BCUT2D eigenvalue weighted by atomic mass is 32.1. The second-order valence-electron chi connectivity index (χ2n) is 3.66. The van der Waals surface area contributed by atoms with E-state index < -0.39 is 5.97 Å². The maximum Gasteiger partial charge on any atom is 0.334 e. The lowest BCUT2D eigenvalue weighted by atomic mass is 9.92. The van der Waals surface area contributed by atoms with Crippen molar-refractivity contribution in [1.82, 2.24) is 5.32 Å². The molecule has 1 heterocycles. The molecular formula is C10H13NO2S. The number of carboxylic acid groups (broad SMARTS) is 1. The third-order valence-corrected chi connectivity index (χ3v) is 3.10. The van der Waals surface area contributed by atoms with E-state index in [0.29, 0.717) is 5.57 Å². The Morgan fingerprint density at radius 3 is 2.93 bits per heavy atom. The monoisotopic (exact) mass is 211 g/mol. The zero-order valence-corrected chi connectivity index (χ0v) is 8.68. The lowest BCUT2D eigenvalue weighted by Crippen LogP contribution is -2.33. The molecule has 0 aromatic carbocycles. The first-order chi connectivity index (χ1) is 6.68. The van der Waals surface area contributed by atoms with E-state index in [9.17, 15) is 4.79 Å². The number of dihydropyridines is 1. The summed E-state index contributed by atoms with van der Waals surface area (Å²) in [6, 6.07) is 0. The van der Waals surface area contributed by atoms with E-state index >= 15 is 0 Å². The van der Waals surface area contributed by atoms with Crippen LogP contribution in [0.15, 0.2) is 22.9 Å². The summed E-state index contributed by atoms with van der Waals surface area (Å²) in [6.07, 6.45) is 6.13. The van der Waals surface area contributed by atoms with Crippen LogP contribution < -0.4 is 5.32 Å². The highest BCUT2D eigenvalue weighted by molar-refractivity contribution is 7.81. The molecule has 0 aromatic rings. The van der Waals surface area contributed by atoms with E-state index in [0.717, 1.165) is 24.8 Å². The fourth-order valence-corrected chi connectivity index (χ4v) is 2.28. The molecule has 0 spiro atoms. The minimum atomic E-state index is -0.880. The molecule has 1 aliphatic carbocycles. The Morgan fingerprint density at radius 1 is 1.50 bits per heavy atom. The van der Waals surface area contributed by atoms with Crippen molar-refractivity contribution in [1.29, 1.82) is 0 Å². The molecule has 14 heavy (non-hydrogen) atoms. The number of rotatable bonds is 1. The smallest absolute Gasteiger partial charge is 0.334 e. The van der Waals surface area contributed by atoms with Crippen molar-refractivity contribution >= 4 is 18.6 Å². The summed E-state index contributed by atoms with van der Waals surface area (Å²) in [5, 5.41) is 11.7. The van der Waals surface area contributed by atoms with Crippen LogP contribution in [0, 0.1) is 0 Å². The van der Waals surface area contributed by atoms with Gasteiger partial charge in [0.15, 0.2) is 0 Å². The Balaban J connectivity index is 2.31. The second kappa shape index (κ2) is 3.69. The number of hydrogen-bond donors (Lipinski definition) is 3. The van der Waals surface area contributed by atoms with Crippen LogP contribution in [0.4, 0.5) is 0 Å². The third kappa shape index (κ3) is 1.66. The minimum absolute atomic E-state index is 0.356. The van der Waals surface area contributed by atoms with Crippen LogP contribution >= 0.6 is 12.6 Å². The quantitative estimate of drug-likeness (QED) is 0.578. The molecule has 2 rings (SSSR count). The van der Waals surface area contributed by atoms with Crippen LogP contribution in [0.5, 0.6) is 0 Å². The van der Waals surface area contributed by atoms with Crippen molar-refractivity contribution in [2.45, 2.75) is 31.1 Å². The average Bonchev–Trinajstić information content (AvgIpc) is 2.16. The first kappa shape index (κ1) is 9.65. The maximum atomic E-state index is 10.9. The molecule has 1 aliphatic heterocycles. The van der Waals surface area contributed by atoms with Gasteiger partial charge in [-0.1, -0.05) is 0 Å². The van der Waals surface area contributed by atoms with Crippen LogP contribution in [0.1, 0.15) is 25.7 Å². The molecule has 4 heteroatoms. The molecule has 0 unspecified atom stereocenters. The highest BCUT2D eigenvalue weighted by Gasteiger charge is 2.25. The van der Waals surface area contributed by atoms with Crippen LogP contribution in [0.2, 0.25) is 0 Å². The molecule has 76 valence electrons. The summed E-state index contributed by atoms with van der Waals surface area (Å²) < 4.78 is 0. The number of allylic oxidation sites excluding steroid dienone is 3. The number of carbonyl (C=O) groups is 1. The zero-order chi connectivity index (χ0) is 10.1. The first-order valence-electron chi connectivity index (χ1n) is 4.80. The molecule has 0 saturated heterocycles. The molecule has 0 bridgehead atoms. The third-order valence-electron chi connectivity index (χ3n) is 2.69. The Bertz CT molecular complexity index is 333. The van der Waals surface area contributed by atoms with Crippen molar-refractivity contribution in [3.05, 3.63) is 22.9 Å². The van der Waals surface area contributed by atoms with E-state index in [2.05, 4.69) is 17.9 Å². The lowest BCUT2D eigenvalue weighted by molar-refractivity contribution is -0.132. The van der Waals surface area contributed by atoms with E-state index in [1.165, 1.54) is 12.1 Å². The predicted octanol–water partition coefficient (Wildman–Crippen LogP) is 1.68. The van der Waals surface area contributed by atoms with Crippen molar-refractivity contribution in [3.63, 3.8) is 0 Å². The van der Waals surface area contributed by atoms with Gasteiger partial charge in [-0.15, -0.1) is 12.6 Å².